The highest BCUT2D eigenvalue weighted by molar-refractivity contribution is 5.83. The van der Waals surface area contributed by atoms with E-state index in [4.69, 9.17) is 5.11 Å². The Labute approximate surface area is 114 Å². The van der Waals surface area contributed by atoms with Gasteiger partial charge in [-0.15, -0.1) is 0 Å². The van der Waals surface area contributed by atoms with Crippen molar-refractivity contribution in [3.05, 3.63) is 0 Å². The van der Waals surface area contributed by atoms with Crippen LogP contribution in [0.15, 0.2) is 0 Å². The Kier molecular flexibility index (Phi) is 5.60. The number of urea groups is 1. The van der Waals surface area contributed by atoms with Crippen molar-refractivity contribution in [3.8, 4) is 0 Å². The maximum atomic E-state index is 12.2. The van der Waals surface area contributed by atoms with E-state index in [1.54, 1.807) is 18.7 Å². The third kappa shape index (κ3) is 4.38. The molecule has 0 aromatic carbocycles. The van der Waals surface area contributed by atoms with E-state index in [1.165, 1.54) is 0 Å². The van der Waals surface area contributed by atoms with Crippen molar-refractivity contribution in [2.24, 2.45) is 5.92 Å². The average molecular weight is 271 g/mol. The Morgan fingerprint density at radius 3 is 2.53 bits per heavy atom. The number of carboxylic acid groups (broad SMARTS) is 1. The average Bonchev–Trinajstić information content (AvgIpc) is 2.71. The van der Waals surface area contributed by atoms with E-state index in [2.05, 4.69) is 5.32 Å². The number of nitrogens with zero attached hydrogens (tertiary/aromatic N) is 2. The van der Waals surface area contributed by atoms with Gasteiger partial charge in [0.05, 0.1) is 0 Å². The van der Waals surface area contributed by atoms with Gasteiger partial charge in [0, 0.05) is 19.1 Å². The van der Waals surface area contributed by atoms with E-state index >= 15 is 0 Å². The summed E-state index contributed by atoms with van der Waals surface area (Å²) < 4.78 is 0. The molecule has 1 heterocycles. The van der Waals surface area contributed by atoms with Crippen molar-refractivity contribution in [2.45, 2.75) is 38.8 Å². The van der Waals surface area contributed by atoms with Crippen LogP contribution < -0.4 is 5.32 Å². The molecule has 0 aliphatic carbocycles. The van der Waals surface area contributed by atoms with Gasteiger partial charge >= 0.3 is 12.0 Å². The molecule has 6 nitrogen and oxygen atoms in total. The Bertz CT molecular complexity index is 331. The summed E-state index contributed by atoms with van der Waals surface area (Å²) in [5, 5.41) is 11.7. The van der Waals surface area contributed by atoms with Gasteiger partial charge in [0.2, 0.25) is 0 Å². The van der Waals surface area contributed by atoms with Gasteiger partial charge in [-0.05, 0) is 32.9 Å². The molecule has 1 unspecified atom stereocenters. The number of carboxylic acids is 1. The molecule has 0 aromatic rings. The van der Waals surface area contributed by atoms with E-state index in [0.29, 0.717) is 6.54 Å². The van der Waals surface area contributed by atoms with Crippen molar-refractivity contribution in [1.82, 2.24) is 15.1 Å². The fourth-order valence-electron chi connectivity index (χ4n) is 2.44. The third-order valence-corrected chi connectivity index (χ3v) is 3.43. The monoisotopic (exact) mass is 271 g/mol. The second-order valence-electron chi connectivity index (χ2n) is 5.76. The SMILES string of the molecule is CC(C)[C@H](NC(=O)N1CCCC1CN(C)C)C(=O)O. The first kappa shape index (κ1) is 15.8. The maximum Gasteiger partial charge on any atom is 0.326 e. The van der Waals surface area contributed by atoms with Crippen molar-refractivity contribution in [2.75, 3.05) is 27.2 Å². The van der Waals surface area contributed by atoms with Gasteiger partial charge in [-0.2, -0.15) is 0 Å². The lowest BCUT2D eigenvalue weighted by molar-refractivity contribution is -0.140. The molecule has 0 radical (unpaired) electrons. The van der Waals surface area contributed by atoms with E-state index in [-0.39, 0.29) is 18.0 Å². The molecule has 0 spiro atoms. The summed E-state index contributed by atoms with van der Waals surface area (Å²) in [6.45, 7) is 5.10. The second-order valence-corrected chi connectivity index (χ2v) is 5.76. The van der Waals surface area contributed by atoms with Crippen LogP contribution in [0.4, 0.5) is 4.79 Å². The first-order valence-corrected chi connectivity index (χ1v) is 6.77. The molecule has 0 saturated carbocycles. The van der Waals surface area contributed by atoms with Crippen LogP contribution in [0.5, 0.6) is 0 Å². The van der Waals surface area contributed by atoms with Gasteiger partial charge in [-0.25, -0.2) is 9.59 Å². The zero-order chi connectivity index (χ0) is 14.6. The fraction of sp³-hybridized carbons (Fsp3) is 0.846. The normalized spacial score (nSPS) is 20.9. The van der Waals surface area contributed by atoms with Gasteiger partial charge in [0.1, 0.15) is 6.04 Å². The number of carbonyl (C=O) groups excluding carboxylic acids is 1. The van der Waals surface area contributed by atoms with Gasteiger partial charge < -0.3 is 20.2 Å². The largest absolute Gasteiger partial charge is 0.480 e. The van der Waals surface area contributed by atoms with Crippen LogP contribution in [0.2, 0.25) is 0 Å². The molecule has 1 fully saturated rings. The lowest BCUT2D eigenvalue weighted by Crippen LogP contribution is -2.52. The highest BCUT2D eigenvalue weighted by Crippen LogP contribution is 2.18. The molecule has 2 N–H and O–H groups in total. The number of carbonyl (C=O) groups is 2. The molecule has 1 aliphatic rings. The van der Waals surface area contributed by atoms with E-state index < -0.39 is 12.0 Å². The van der Waals surface area contributed by atoms with Crippen LogP contribution in [-0.4, -0.2) is 66.2 Å². The first-order valence-electron chi connectivity index (χ1n) is 6.77. The molecule has 2 atom stereocenters. The molecule has 2 amide bonds. The lowest BCUT2D eigenvalue weighted by atomic mass is 10.1. The van der Waals surface area contributed by atoms with E-state index in [1.807, 2.05) is 19.0 Å². The standard InChI is InChI=1S/C13H25N3O3/c1-9(2)11(12(17)18)14-13(19)16-7-5-6-10(16)8-15(3)4/h9-11H,5-8H2,1-4H3,(H,14,19)(H,17,18)/t10?,11-/m0/s1. The summed E-state index contributed by atoms with van der Waals surface area (Å²) in [6.07, 6.45) is 1.95. The Morgan fingerprint density at radius 1 is 1.42 bits per heavy atom. The number of nitrogens with one attached hydrogen (secondary N) is 1. The summed E-state index contributed by atoms with van der Waals surface area (Å²) in [5.74, 6) is -1.11. The smallest absolute Gasteiger partial charge is 0.326 e. The molecule has 6 heteroatoms. The van der Waals surface area contributed by atoms with Crippen molar-refractivity contribution in [3.63, 3.8) is 0 Å². The van der Waals surface area contributed by atoms with E-state index in [0.717, 1.165) is 19.4 Å². The van der Waals surface area contributed by atoms with Gasteiger partial charge in [-0.3, -0.25) is 0 Å². The Balaban J connectivity index is 2.63. The fourth-order valence-corrected chi connectivity index (χ4v) is 2.44. The molecule has 1 rings (SSSR count). The number of hydrogen-bond donors (Lipinski definition) is 2. The minimum atomic E-state index is -0.980. The molecule has 1 saturated heterocycles. The second kappa shape index (κ2) is 6.75. The van der Waals surface area contributed by atoms with Crippen molar-refractivity contribution in [1.29, 1.82) is 0 Å². The topological polar surface area (TPSA) is 72.9 Å². The van der Waals surface area contributed by atoms with Crippen LogP contribution in [-0.2, 0) is 4.79 Å². The predicted octanol–water partition coefficient (Wildman–Crippen LogP) is 0.831. The molecule has 1 aliphatic heterocycles. The molecule has 110 valence electrons. The maximum absolute atomic E-state index is 12.2. The van der Waals surface area contributed by atoms with Crippen LogP contribution in [0.25, 0.3) is 0 Å². The van der Waals surface area contributed by atoms with Crippen LogP contribution >= 0.6 is 0 Å². The predicted molar refractivity (Wildman–Crippen MR) is 73.1 cm³/mol. The Morgan fingerprint density at radius 2 is 2.05 bits per heavy atom. The number of aliphatic carboxylic acids is 1. The summed E-state index contributed by atoms with van der Waals surface area (Å²) in [5.41, 5.74) is 0. The van der Waals surface area contributed by atoms with Crippen LogP contribution in [0, 0.1) is 5.92 Å². The molecule has 0 bridgehead atoms. The summed E-state index contributed by atoms with van der Waals surface area (Å²) in [6, 6.07) is -0.907. The summed E-state index contributed by atoms with van der Waals surface area (Å²) in [4.78, 5) is 27.1. The zero-order valence-corrected chi connectivity index (χ0v) is 12.2. The molecule has 0 aromatic heterocycles. The number of hydrogen-bond acceptors (Lipinski definition) is 3. The first-order chi connectivity index (χ1) is 8.82. The molecular formula is C13H25N3O3. The number of amides is 2. The minimum absolute atomic E-state index is 0.128. The number of rotatable bonds is 5. The van der Waals surface area contributed by atoms with Gasteiger partial charge in [0.15, 0.2) is 0 Å². The highest BCUT2D eigenvalue weighted by Gasteiger charge is 2.32. The minimum Gasteiger partial charge on any atom is -0.480 e. The lowest BCUT2D eigenvalue weighted by Gasteiger charge is -2.29. The zero-order valence-electron chi connectivity index (χ0n) is 12.2. The van der Waals surface area contributed by atoms with E-state index in [9.17, 15) is 9.59 Å². The van der Waals surface area contributed by atoms with Crippen molar-refractivity contribution < 1.29 is 14.7 Å². The van der Waals surface area contributed by atoms with Gasteiger partial charge in [0.25, 0.3) is 0 Å². The van der Waals surface area contributed by atoms with Crippen LogP contribution in [0.1, 0.15) is 26.7 Å². The third-order valence-electron chi connectivity index (χ3n) is 3.43. The number of likely N-dealkylation sites (N-methyl/N-ethyl adjacent to an activating group) is 1. The summed E-state index contributed by atoms with van der Waals surface area (Å²) >= 11 is 0. The molecule has 19 heavy (non-hydrogen) atoms. The van der Waals surface area contributed by atoms with Crippen LogP contribution in [0.3, 0.4) is 0 Å². The summed E-state index contributed by atoms with van der Waals surface area (Å²) in [7, 11) is 3.95. The number of likely N-dealkylation sites (tertiary alicyclic amines) is 1. The highest BCUT2D eigenvalue weighted by atomic mass is 16.4. The molecular weight excluding hydrogens is 246 g/mol. The Hall–Kier alpha value is -1.30. The van der Waals surface area contributed by atoms with Gasteiger partial charge in [-0.1, -0.05) is 13.8 Å². The quantitative estimate of drug-likeness (QED) is 0.777. The van der Waals surface area contributed by atoms with Crippen molar-refractivity contribution >= 4 is 12.0 Å².